The number of piperazine rings is 1. The number of nitrogens with zero attached hydrogens (tertiary/aromatic N) is 7. The maximum absolute atomic E-state index is 4.68. The maximum Gasteiger partial charge on any atom is 0.231 e. The highest BCUT2D eigenvalue weighted by atomic mass is 15.4. The molecule has 0 unspecified atom stereocenters. The molecule has 36 heavy (non-hydrogen) atoms. The molecule has 4 aromatic rings. The second-order valence-electron chi connectivity index (χ2n) is 9.17. The zero-order chi connectivity index (χ0) is 24.2. The average Bonchev–Trinajstić information content (AvgIpc) is 2.94. The first-order valence-corrected chi connectivity index (χ1v) is 12.4. The summed E-state index contributed by atoms with van der Waals surface area (Å²) in [6, 6.07) is 16.9. The largest absolute Gasteiger partial charge is 0.337 e. The number of hydrogen-bond acceptors (Lipinski definition) is 9. The van der Waals surface area contributed by atoms with E-state index in [9.17, 15) is 0 Å². The van der Waals surface area contributed by atoms with Crippen molar-refractivity contribution in [3.05, 3.63) is 89.5 Å². The minimum absolute atomic E-state index is 0.559. The lowest BCUT2D eigenvalue weighted by Crippen LogP contribution is -2.47. The first-order valence-electron chi connectivity index (χ1n) is 12.4. The summed E-state index contributed by atoms with van der Waals surface area (Å²) in [6.07, 6.45) is 7.35. The van der Waals surface area contributed by atoms with Crippen LogP contribution in [0.25, 0.3) is 0 Å². The molecule has 4 heterocycles. The van der Waals surface area contributed by atoms with Crippen LogP contribution in [0.5, 0.6) is 0 Å². The lowest BCUT2D eigenvalue weighted by atomic mass is 10.0. The van der Waals surface area contributed by atoms with Gasteiger partial charge in [-0.25, -0.2) is 19.9 Å². The molecular weight excluding hydrogens is 450 g/mol. The summed E-state index contributed by atoms with van der Waals surface area (Å²) in [6.45, 7) is 5.15. The Morgan fingerprint density at radius 1 is 0.778 bits per heavy atom. The molecule has 2 aliphatic rings. The number of rotatable bonds is 6. The molecule has 0 saturated carbocycles. The standard InChI is InChI=1S/C27H29N9/c1-2-4-20(5-3-1)14-21-16-29-26(30-17-21)35-10-12-36(13-11-35)27-32-19-31-25(34-27)33-24-7-6-22-8-9-28-18-23(22)15-24/h1-7,15-17,19,28H,8-14,18H2,(H,31,32,33,34). The van der Waals surface area contributed by atoms with Gasteiger partial charge in [0.1, 0.15) is 6.33 Å². The lowest BCUT2D eigenvalue weighted by molar-refractivity contribution is 0.626. The second kappa shape index (κ2) is 10.2. The van der Waals surface area contributed by atoms with Crippen LogP contribution in [0, 0.1) is 0 Å². The predicted molar refractivity (Wildman–Crippen MR) is 141 cm³/mol. The summed E-state index contributed by atoms with van der Waals surface area (Å²) in [5.74, 6) is 2.01. The van der Waals surface area contributed by atoms with Crippen molar-refractivity contribution in [2.45, 2.75) is 19.4 Å². The van der Waals surface area contributed by atoms with Gasteiger partial charge >= 0.3 is 0 Å². The molecule has 182 valence electrons. The van der Waals surface area contributed by atoms with Gasteiger partial charge < -0.3 is 20.4 Å². The average molecular weight is 480 g/mol. The number of nitrogens with one attached hydrogen (secondary N) is 2. The summed E-state index contributed by atoms with van der Waals surface area (Å²) >= 11 is 0. The van der Waals surface area contributed by atoms with Crippen LogP contribution < -0.4 is 20.4 Å². The van der Waals surface area contributed by atoms with Crippen molar-refractivity contribution < 1.29 is 0 Å². The summed E-state index contributed by atoms with van der Waals surface area (Å²) in [5.41, 5.74) is 6.10. The van der Waals surface area contributed by atoms with Crippen LogP contribution in [0.2, 0.25) is 0 Å². The fourth-order valence-electron chi connectivity index (χ4n) is 4.73. The molecule has 1 saturated heterocycles. The van der Waals surface area contributed by atoms with Crippen LogP contribution in [-0.4, -0.2) is 57.6 Å². The number of fused-ring (bicyclic) bond motifs is 1. The van der Waals surface area contributed by atoms with E-state index in [2.05, 4.69) is 87.8 Å². The maximum atomic E-state index is 4.68. The minimum Gasteiger partial charge on any atom is -0.337 e. The quantitative estimate of drug-likeness (QED) is 0.433. The SMILES string of the molecule is c1ccc(Cc2cnc(N3CCN(c4ncnc(Nc5ccc6c(c5)CNCC6)n4)CC3)nc2)cc1. The molecule has 9 heteroatoms. The van der Waals surface area contributed by atoms with E-state index in [4.69, 9.17) is 0 Å². The lowest BCUT2D eigenvalue weighted by Gasteiger charge is -2.34. The van der Waals surface area contributed by atoms with Gasteiger partial charge in [-0.15, -0.1) is 0 Å². The Labute approximate surface area is 210 Å². The molecule has 0 atom stereocenters. The fourth-order valence-corrected chi connectivity index (χ4v) is 4.73. The van der Waals surface area contributed by atoms with Gasteiger partial charge in [-0.3, -0.25) is 0 Å². The molecule has 0 spiro atoms. The molecule has 9 nitrogen and oxygen atoms in total. The molecular formula is C27H29N9. The van der Waals surface area contributed by atoms with Gasteiger partial charge in [-0.1, -0.05) is 36.4 Å². The summed E-state index contributed by atoms with van der Waals surface area (Å²) in [7, 11) is 0. The number of aromatic nitrogens is 5. The van der Waals surface area contributed by atoms with Crippen LogP contribution in [0.1, 0.15) is 22.3 Å². The number of benzene rings is 2. The van der Waals surface area contributed by atoms with E-state index in [-0.39, 0.29) is 0 Å². The van der Waals surface area contributed by atoms with E-state index < -0.39 is 0 Å². The number of anilines is 4. The van der Waals surface area contributed by atoms with E-state index in [0.717, 1.165) is 69.3 Å². The summed E-state index contributed by atoms with van der Waals surface area (Å²) < 4.78 is 0. The van der Waals surface area contributed by atoms with Gasteiger partial charge in [0.2, 0.25) is 17.8 Å². The summed E-state index contributed by atoms with van der Waals surface area (Å²) in [5, 5.41) is 6.77. The van der Waals surface area contributed by atoms with Crippen LogP contribution in [0.15, 0.2) is 67.3 Å². The van der Waals surface area contributed by atoms with E-state index >= 15 is 0 Å². The van der Waals surface area contributed by atoms with E-state index in [0.29, 0.717) is 11.9 Å². The Kier molecular flexibility index (Phi) is 6.37. The van der Waals surface area contributed by atoms with Crippen LogP contribution >= 0.6 is 0 Å². The fraction of sp³-hybridized carbons (Fsp3) is 0.296. The predicted octanol–water partition coefficient (Wildman–Crippen LogP) is 2.97. The molecule has 2 aliphatic heterocycles. The van der Waals surface area contributed by atoms with Gasteiger partial charge in [0, 0.05) is 57.2 Å². The van der Waals surface area contributed by atoms with Crippen molar-refractivity contribution in [1.82, 2.24) is 30.2 Å². The topological polar surface area (TPSA) is 95.0 Å². The van der Waals surface area contributed by atoms with Crippen molar-refractivity contribution in [2.75, 3.05) is 47.8 Å². The zero-order valence-corrected chi connectivity index (χ0v) is 20.1. The highest BCUT2D eigenvalue weighted by Crippen LogP contribution is 2.22. The third-order valence-electron chi connectivity index (χ3n) is 6.70. The second-order valence-corrected chi connectivity index (χ2v) is 9.17. The van der Waals surface area contributed by atoms with Crippen molar-refractivity contribution >= 4 is 23.5 Å². The normalized spacial score (nSPS) is 15.4. The number of hydrogen-bond donors (Lipinski definition) is 2. The zero-order valence-electron chi connectivity index (χ0n) is 20.1. The Bertz CT molecular complexity index is 1300. The highest BCUT2D eigenvalue weighted by Gasteiger charge is 2.21. The van der Waals surface area contributed by atoms with E-state index in [1.165, 1.54) is 16.7 Å². The van der Waals surface area contributed by atoms with Crippen LogP contribution in [0.4, 0.5) is 23.5 Å². The molecule has 2 aromatic heterocycles. The Morgan fingerprint density at radius 3 is 2.36 bits per heavy atom. The first kappa shape index (κ1) is 22.4. The van der Waals surface area contributed by atoms with Gasteiger partial charge in [0.15, 0.2) is 0 Å². The molecule has 1 fully saturated rings. The molecule has 0 bridgehead atoms. The van der Waals surface area contributed by atoms with Gasteiger partial charge in [-0.05, 0) is 47.4 Å². The third-order valence-corrected chi connectivity index (χ3v) is 6.70. The smallest absolute Gasteiger partial charge is 0.231 e. The van der Waals surface area contributed by atoms with Gasteiger partial charge in [-0.2, -0.15) is 4.98 Å². The van der Waals surface area contributed by atoms with E-state index in [1.54, 1.807) is 6.33 Å². The van der Waals surface area contributed by atoms with Gasteiger partial charge in [0.25, 0.3) is 0 Å². The van der Waals surface area contributed by atoms with Crippen LogP contribution in [0.3, 0.4) is 0 Å². The van der Waals surface area contributed by atoms with E-state index in [1.807, 2.05) is 18.5 Å². The third kappa shape index (κ3) is 5.11. The van der Waals surface area contributed by atoms with Crippen molar-refractivity contribution in [1.29, 1.82) is 0 Å². The molecule has 0 amide bonds. The molecule has 2 aromatic carbocycles. The summed E-state index contributed by atoms with van der Waals surface area (Å²) in [4.78, 5) is 27.1. The molecule has 0 aliphatic carbocycles. The highest BCUT2D eigenvalue weighted by molar-refractivity contribution is 5.57. The first-order chi connectivity index (χ1) is 17.8. The molecule has 2 N–H and O–H groups in total. The molecule has 0 radical (unpaired) electrons. The van der Waals surface area contributed by atoms with Gasteiger partial charge in [0.05, 0.1) is 0 Å². The van der Waals surface area contributed by atoms with Crippen molar-refractivity contribution in [2.24, 2.45) is 0 Å². The monoisotopic (exact) mass is 479 g/mol. The van der Waals surface area contributed by atoms with Crippen molar-refractivity contribution in [3.63, 3.8) is 0 Å². The molecule has 6 rings (SSSR count). The Hall–Kier alpha value is -4.11. The minimum atomic E-state index is 0.559. The van der Waals surface area contributed by atoms with Crippen molar-refractivity contribution in [3.8, 4) is 0 Å². The Morgan fingerprint density at radius 2 is 1.56 bits per heavy atom. The van der Waals surface area contributed by atoms with Crippen LogP contribution in [-0.2, 0) is 19.4 Å². The Balaban J connectivity index is 1.06.